The number of amides is 1. The summed E-state index contributed by atoms with van der Waals surface area (Å²) in [6, 6.07) is 10.6. The molecule has 0 radical (unpaired) electrons. The van der Waals surface area contributed by atoms with E-state index in [0.29, 0.717) is 17.1 Å². The highest BCUT2D eigenvalue weighted by atomic mass is 79.9. The molecule has 7 heteroatoms. The van der Waals surface area contributed by atoms with Crippen LogP contribution >= 0.6 is 28.1 Å². The van der Waals surface area contributed by atoms with Gasteiger partial charge in [0, 0.05) is 15.7 Å². The van der Waals surface area contributed by atoms with Crippen molar-refractivity contribution in [2.45, 2.75) is 6.92 Å². The zero-order valence-electron chi connectivity index (χ0n) is 13.5. The summed E-state index contributed by atoms with van der Waals surface area (Å²) in [5.74, 6) is 0.704. The molecular formula is C17H17BrN2O3S. The Kier molecular flexibility index (Phi) is 6.16. The predicted molar refractivity (Wildman–Crippen MR) is 102 cm³/mol. The number of nitrogens with one attached hydrogen (secondary N) is 2. The summed E-state index contributed by atoms with van der Waals surface area (Å²) in [6.07, 6.45) is 0. The zero-order chi connectivity index (χ0) is 17.7. The molecule has 0 heterocycles. The van der Waals surface area contributed by atoms with Crippen molar-refractivity contribution in [1.82, 2.24) is 5.32 Å². The minimum Gasteiger partial charge on any atom is -0.493 e. The van der Waals surface area contributed by atoms with Crippen LogP contribution in [0.4, 0.5) is 5.69 Å². The number of hydrogen-bond acceptors (Lipinski definition) is 4. The lowest BCUT2D eigenvalue weighted by atomic mass is 10.2. The Morgan fingerprint density at radius 1 is 1.08 bits per heavy atom. The van der Waals surface area contributed by atoms with Crippen LogP contribution in [0.15, 0.2) is 40.9 Å². The molecule has 24 heavy (non-hydrogen) atoms. The molecule has 0 aliphatic carbocycles. The van der Waals surface area contributed by atoms with E-state index in [0.717, 1.165) is 15.7 Å². The third-order valence-corrected chi connectivity index (χ3v) is 4.38. The number of benzene rings is 2. The van der Waals surface area contributed by atoms with Gasteiger partial charge < -0.3 is 14.8 Å². The summed E-state index contributed by atoms with van der Waals surface area (Å²) in [4.78, 5) is 12.3. The molecule has 0 fully saturated rings. The number of aryl methyl sites for hydroxylation is 1. The molecule has 126 valence electrons. The first-order chi connectivity index (χ1) is 11.4. The fourth-order valence-corrected chi connectivity index (χ4v) is 2.49. The van der Waals surface area contributed by atoms with E-state index in [4.69, 9.17) is 21.7 Å². The Labute approximate surface area is 154 Å². The predicted octanol–water partition coefficient (Wildman–Crippen LogP) is 3.90. The first-order valence-electron chi connectivity index (χ1n) is 7.05. The Morgan fingerprint density at radius 2 is 1.79 bits per heavy atom. The monoisotopic (exact) mass is 408 g/mol. The zero-order valence-corrected chi connectivity index (χ0v) is 15.9. The third kappa shape index (κ3) is 4.46. The van der Waals surface area contributed by atoms with Gasteiger partial charge in [-0.3, -0.25) is 10.1 Å². The maximum atomic E-state index is 12.3. The van der Waals surface area contributed by atoms with E-state index in [-0.39, 0.29) is 11.0 Å². The molecule has 0 aromatic heterocycles. The van der Waals surface area contributed by atoms with Gasteiger partial charge >= 0.3 is 0 Å². The van der Waals surface area contributed by atoms with E-state index in [9.17, 15) is 4.79 Å². The Balaban J connectivity index is 2.05. The van der Waals surface area contributed by atoms with E-state index in [1.807, 2.05) is 25.1 Å². The first-order valence-corrected chi connectivity index (χ1v) is 8.25. The normalized spacial score (nSPS) is 10.0. The van der Waals surface area contributed by atoms with Gasteiger partial charge in [0.1, 0.15) is 0 Å². The lowest BCUT2D eigenvalue weighted by molar-refractivity contribution is 0.0977. The number of halogens is 1. The van der Waals surface area contributed by atoms with Crippen LogP contribution in [0.5, 0.6) is 11.5 Å². The molecule has 5 nitrogen and oxygen atoms in total. The fourth-order valence-electron chi connectivity index (χ4n) is 2.04. The first kappa shape index (κ1) is 18.2. The number of carbonyl (C=O) groups excluding carboxylic acids is 1. The minimum atomic E-state index is -0.331. The summed E-state index contributed by atoms with van der Waals surface area (Å²) in [7, 11) is 3.05. The third-order valence-electron chi connectivity index (χ3n) is 3.29. The van der Waals surface area contributed by atoms with Crippen LogP contribution < -0.4 is 20.1 Å². The van der Waals surface area contributed by atoms with Crippen molar-refractivity contribution < 1.29 is 14.3 Å². The largest absolute Gasteiger partial charge is 0.493 e. The lowest BCUT2D eigenvalue weighted by Crippen LogP contribution is -2.34. The van der Waals surface area contributed by atoms with Gasteiger partial charge in [-0.25, -0.2) is 0 Å². The summed E-state index contributed by atoms with van der Waals surface area (Å²) in [6.45, 7) is 1.97. The van der Waals surface area contributed by atoms with Crippen LogP contribution in [0.2, 0.25) is 0 Å². The van der Waals surface area contributed by atoms with Gasteiger partial charge in [0.15, 0.2) is 16.6 Å². The molecule has 0 aliphatic heterocycles. The molecule has 0 aliphatic rings. The smallest absolute Gasteiger partial charge is 0.257 e. The van der Waals surface area contributed by atoms with Crippen molar-refractivity contribution in [2.75, 3.05) is 19.5 Å². The molecule has 1 amide bonds. The van der Waals surface area contributed by atoms with Crippen molar-refractivity contribution in [3.05, 3.63) is 52.0 Å². The Bertz CT molecular complexity index is 780. The van der Waals surface area contributed by atoms with E-state index >= 15 is 0 Å². The Morgan fingerprint density at radius 3 is 2.42 bits per heavy atom. The molecule has 0 saturated carbocycles. The van der Waals surface area contributed by atoms with Crippen molar-refractivity contribution in [1.29, 1.82) is 0 Å². The highest BCUT2D eigenvalue weighted by Gasteiger charge is 2.12. The van der Waals surface area contributed by atoms with Crippen molar-refractivity contribution in [3.8, 4) is 11.5 Å². The summed E-state index contributed by atoms with van der Waals surface area (Å²) in [5, 5.41) is 5.84. The highest BCUT2D eigenvalue weighted by molar-refractivity contribution is 9.10. The highest BCUT2D eigenvalue weighted by Crippen LogP contribution is 2.27. The number of hydrogen-bond donors (Lipinski definition) is 2. The van der Waals surface area contributed by atoms with E-state index in [2.05, 4.69) is 26.6 Å². The molecule has 0 spiro atoms. The average molecular weight is 409 g/mol. The topological polar surface area (TPSA) is 59.6 Å². The summed E-state index contributed by atoms with van der Waals surface area (Å²) < 4.78 is 11.4. The second-order valence-electron chi connectivity index (χ2n) is 4.94. The van der Waals surface area contributed by atoms with Crippen molar-refractivity contribution >= 4 is 44.9 Å². The van der Waals surface area contributed by atoms with Gasteiger partial charge in [-0.1, -0.05) is 15.9 Å². The summed E-state index contributed by atoms with van der Waals surface area (Å²) in [5.41, 5.74) is 2.28. The molecular weight excluding hydrogens is 392 g/mol. The number of thiocarbonyl (C=S) groups is 1. The van der Waals surface area contributed by atoms with Crippen LogP contribution in [0, 0.1) is 6.92 Å². The Hall–Kier alpha value is -2.12. The fraction of sp³-hybridized carbons (Fsp3) is 0.176. The number of rotatable bonds is 4. The van der Waals surface area contributed by atoms with Gasteiger partial charge in [0.05, 0.1) is 14.2 Å². The molecule has 2 N–H and O–H groups in total. The van der Waals surface area contributed by atoms with E-state index in [1.165, 1.54) is 14.2 Å². The number of carbonyl (C=O) groups is 1. The molecule has 2 aromatic carbocycles. The van der Waals surface area contributed by atoms with Crippen molar-refractivity contribution in [3.63, 3.8) is 0 Å². The van der Waals surface area contributed by atoms with Crippen LogP contribution in [-0.4, -0.2) is 25.2 Å². The minimum absolute atomic E-state index is 0.219. The van der Waals surface area contributed by atoms with Gasteiger partial charge in [0.25, 0.3) is 5.91 Å². The second-order valence-corrected chi connectivity index (χ2v) is 6.20. The molecule has 0 atom stereocenters. The number of ether oxygens (including phenoxy) is 2. The number of methoxy groups -OCH3 is 2. The maximum Gasteiger partial charge on any atom is 0.257 e. The standard InChI is InChI=1S/C17H17BrN2O3S/c1-10-8-12(5-6-13(10)18)19-17(24)20-16(21)11-4-7-14(22-2)15(9-11)23-3/h4-9H,1-3H3,(H2,19,20,21,24). The van der Waals surface area contributed by atoms with Crippen LogP contribution in [0.3, 0.4) is 0 Å². The van der Waals surface area contributed by atoms with Gasteiger partial charge in [0.2, 0.25) is 0 Å². The molecule has 0 bridgehead atoms. The maximum absolute atomic E-state index is 12.3. The van der Waals surface area contributed by atoms with Gasteiger partial charge in [-0.15, -0.1) is 0 Å². The van der Waals surface area contributed by atoms with Gasteiger partial charge in [-0.2, -0.15) is 0 Å². The van der Waals surface area contributed by atoms with Gasteiger partial charge in [-0.05, 0) is 61.1 Å². The van der Waals surface area contributed by atoms with E-state index < -0.39 is 0 Å². The SMILES string of the molecule is COc1ccc(C(=O)NC(=S)Nc2ccc(Br)c(C)c2)cc1OC. The molecule has 0 saturated heterocycles. The van der Waals surface area contributed by atoms with Crippen LogP contribution in [0.25, 0.3) is 0 Å². The van der Waals surface area contributed by atoms with Crippen molar-refractivity contribution in [2.24, 2.45) is 0 Å². The van der Waals surface area contributed by atoms with Crippen LogP contribution in [-0.2, 0) is 0 Å². The van der Waals surface area contributed by atoms with E-state index in [1.54, 1.807) is 18.2 Å². The molecule has 2 aromatic rings. The molecule has 2 rings (SSSR count). The number of anilines is 1. The quantitative estimate of drug-likeness (QED) is 0.751. The summed E-state index contributed by atoms with van der Waals surface area (Å²) >= 11 is 8.63. The second kappa shape index (κ2) is 8.12. The average Bonchev–Trinajstić information content (AvgIpc) is 2.57. The molecule has 0 unspecified atom stereocenters. The lowest BCUT2D eigenvalue weighted by Gasteiger charge is -2.12. The van der Waals surface area contributed by atoms with Crippen LogP contribution in [0.1, 0.15) is 15.9 Å².